The standard InChI is InChI=1S/C12H15N5O2/c1-3-9(13)10-7-16(15-14-10)11-5-4-6-12(8(11)2)17(18)19/h4-7,9H,3,13H2,1-2H3. The first kappa shape index (κ1) is 13.2. The summed E-state index contributed by atoms with van der Waals surface area (Å²) in [6.07, 6.45) is 2.47. The molecule has 1 unspecified atom stereocenters. The number of hydrogen-bond donors (Lipinski definition) is 1. The van der Waals surface area contributed by atoms with Crippen LogP contribution < -0.4 is 5.73 Å². The molecule has 0 spiro atoms. The average Bonchev–Trinajstić information content (AvgIpc) is 2.87. The first-order valence-electron chi connectivity index (χ1n) is 5.96. The Hall–Kier alpha value is -2.28. The smallest absolute Gasteiger partial charge is 0.274 e. The third kappa shape index (κ3) is 2.45. The van der Waals surface area contributed by atoms with Gasteiger partial charge in [0.2, 0.25) is 0 Å². The van der Waals surface area contributed by atoms with Crippen LogP contribution in [0.25, 0.3) is 5.69 Å². The quantitative estimate of drug-likeness (QED) is 0.669. The number of benzene rings is 1. The fraction of sp³-hybridized carbons (Fsp3) is 0.333. The van der Waals surface area contributed by atoms with Crippen LogP contribution in [-0.2, 0) is 0 Å². The Bertz CT molecular complexity index is 608. The van der Waals surface area contributed by atoms with Crippen LogP contribution in [0.4, 0.5) is 5.69 Å². The monoisotopic (exact) mass is 261 g/mol. The van der Waals surface area contributed by atoms with Crippen LogP contribution >= 0.6 is 0 Å². The van der Waals surface area contributed by atoms with Crippen molar-refractivity contribution < 1.29 is 4.92 Å². The number of nitrogens with two attached hydrogens (primary N) is 1. The minimum atomic E-state index is -0.408. The number of aromatic nitrogens is 3. The Morgan fingerprint density at radius 2 is 2.26 bits per heavy atom. The molecule has 2 rings (SSSR count). The summed E-state index contributed by atoms with van der Waals surface area (Å²) in [7, 11) is 0. The lowest BCUT2D eigenvalue weighted by atomic mass is 10.1. The highest BCUT2D eigenvalue weighted by Crippen LogP contribution is 2.24. The number of nitrogens with zero attached hydrogens (tertiary/aromatic N) is 4. The highest BCUT2D eigenvalue weighted by Gasteiger charge is 2.16. The summed E-state index contributed by atoms with van der Waals surface area (Å²) in [6.45, 7) is 3.65. The van der Waals surface area contributed by atoms with Gasteiger partial charge in [0.05, 0.1) is 34.1 Å². The Labute approximate surface area is 110 Å². The first-order chi connectivity index (χ1) is 9.04. The van der Waals surface area contributed by atoms with E-state index in [9.17, 15) is 10.1 Å². The summed E-state index contributed by atoms with van der Waals surface area (Å²) in [5.41, 5.74) is 7.80. The van der Waals surface area contributed by atoms with E-state index in [0.717, 1.165) is 6.42 Å². The molecule has 0 aliphatic heterocycles. The zero-order valence-corrected chi connectivity index (χ0v) is 10.8. The van der Waals surface area contributed by atoms with Crippen molar-refractivity contribution in [2.24, 2.45) is 5.73 Å². The molecule has 19 heavy (non-hydrogen) atoms. The lowest BCUT2D eigenvalue weighted by Crippen LogP contribution is -2.08. The molecule has 100 valence electrons. The van der Waals surface area contributed by atoms with Crippen LogP contribution in [0.1, 0.15) is 30.6 Å². The largest absolute Gasteiger partial charge is 0.323 e. The Morgan fingerprint density at radius 3 is 2.89 bits per heavy atom. The maximum atomic E-state index is 10.9. The van der Waals surface area contributed by atoms with Gasteiger partial charge in [-0.05, 0) is 19.4 Å². The van der Waals surface area contributed by atoms with Crippen molar-refractivity contribution in [1.82, 2.24) is 15.0 Å². The molecule has 1 aromatic carbocycles. The fourth-order valence-electron chi connectivity index (χ4n) is 1.83. The van der Waals surface area contributed by atoms with Crippen LogP contribution in [0, 0.1) is 17.0 Å². The second-order valence-electron chi connectivity index (χ2n) is 4.28. The van der Waals surface area contributed by atoms with Gasteiger partial charge in [0.15, 0.2) is 0 Å². The van der Waals surface area contributed by atoms with Crippen molar-refractivity contribution in [1.29, 1.82) is 0 Å². The maximum absolute atomic E-state index is 10.9. The molecule has 0 aliphatic rings. The highest BCUT2D eigenvalue weighted by atomic mass is 16.6. The molecular weight excluding hydrogens is 246 g/mol. The topological polar surface area (TPSA) is 99.9 Å². The number of rotatable bonds is 4. The molecule has 0 bridgehead atoms. The fourth-order valence-corrected chi connectivity index (χ4v) is 1.83. The van der Waals surface area contributed by atoms with Crippen molar-refractivity contribution in [3.05, 3.63) is 45.8 Å². The predicted molar refractivity (Wildman–Crippen MR) is 70.0 cm³/mol. The lowest BCUT2D eigenvalue weighted by molar-refractivity contribution is -0.385. The van der Waals surface area contributed by atoms with Gasteiger partial charge in [-0.1, -0.05) is 18.2 Å². The van der Waals surface area contributed by atoms with E-state index in [0.29, 0.717) is 16.9 Å². The van der Waals surface area contributed by atoms with Gasteiger partial charge in [-0.25, -0.2) is 4.68 Å². The predicted octanol–water partition coefficient (Wildman–Crippen LogP) is 1.89. The van der Waals surface area contributed by atoms with Crippen LogP contribution in [0.5, 0.6) is 0 Å². The summed E-state index contributed by atoms with van der Waals surface area (Å²) in [5, 5.41) is 18.9. The molecule has 2 aromatic rings. The van der Waals surface area contributed by atoms with Gasteiger partial charge in [-0.15, -0.1) is 5.10 Å². The van der Waals surface area contributed by atoms with Gasteiger partial charge in [-0.2, -0.15) is 0 Å². The minimum Gasteiger partial charge on any atom is -0.323 e. The normalized spacial score (nSPS) is 12.4. The van der Waals surface area contributed by atoms with Crippen LogP contribution in [-0.4, -0.2) is 19.9 Å². The van der Waals surface area contributed by atoms with E-state index in [-0.39, 0.29) is 11.7 Å². The van der Waals surface area contributed by atoms with E-state index in [4.69, 9.17) is 5.73 Å². The summed E-state index contributed by atoms with van der Waals surface area (Å²) in [4.78, 5) is 10.5. The van der Waals surface area contributed by atoms with Crippen LogP contribution in [0.3, 0.4) is 0 Å². The molecule has 0 amide bonds. The van der Waals surface area contributed by atoms with E-state index < -0.39 is 4.92 Å². The minimum absolute atomic E-state index is 0.0642. The molecule has 0 radical (unpaired) electrons. The molecule has 0 saturated heterocycles. The molecule has 7 heteroatoms. The van der Waals surface area contributed by atoms with E-state index >= 15 is 0 Å². The van der Waals surface area contributed by atoms with Crippen LogP contribution in [0.2, 0.25) is 0 Å². The third-order valence-corrected chi connectivity index (χ3v) is 3.05. The average molecular weight is 261 g/mol. The summed E-state index contributed by atoms with van der Waals surface area (Å²) >= 11 is 0. The van der Waals surface area contributed by atoms with Crippen molar-refractivity contribution in [3.63, 3.8) is 0 Å². The van der Waals surface area contributed by atoms with Crippen molar-refractivity contribution in [2.75, 3.05) is 0 Å². The molecule has 0 saturated carbocycles. The van der Waals surface area contributed by atoms with Gasteiger partial charge < -0.3 is 5.73 Å². The van der Waals surface area contributed by atoms with E-state index in [1.165, 1.54) is 10.7 Å². The van der Waals surface area contributed by atoms with Gasteiger partial charge >= 0.3 is 0 Å². The van der Waals surface area contributed by atoms with E-state index in [1.54, 1.807) is 25.3 Å². The van der Waals surface area contributed by atoms with Gasteiger partial charge in [0.25, 0.3) is 5.69 Å². The molecule has 1 atom stereocenters. The van der Waals surface area contributed by atoms with Crippen molar-refractivity contribution in [2.45, 2.75) is 26.3 Å². The zero-order valence-electron chi connectivity index (χ0n) is 10.8. The van der Waals surface area contributed by atoms with Crippen molar-refractivity contribution in [3.8, 4) is 5.69 Å². The Kier molecular flexibility index (Phi) is 3.57. The van der Waals surface area contributed by atoms with E-state index in [2.05, 4.69) is 10.3 Å². The second-order valence-corrected chi connectivity index (χ2v) is 4.28. The summed E-state index contributed by atoms with van der Waals surface area (Å²) in [5.74, 6) is 0. The zero-order chi connectivity index (χ0) is 14.0. The summed E-state index contributed by atoms with van der Waals surface area (Å²) < 4.78 is 1.52. The second kappa shape index (κ2) is 5.15. The maximum Gasteiger partial charge on any atom is 0.274 e. The van der Waals surface area contributed by atoms with Gasteiger partial charge in [0, 0.05) is 6.07 Å². The van der Waals surface area contributed by atoms with E-state index in [1.807, 2.05) is 6.92 Å². The summed E-state index contributed by atoms with van der Waals surface area (Å²) in [6, 6.07) is 4.68. The molecule has 1 heterocycles. The first-order valence-corrected chi connectivity index (χ1v) is 5.96. The Balaban J connectivity index is 2.45. The lowest BCUT2D eigenvalue weighted by Gasteiger charge is -2.05. The molecule has 7 nitrogen and oxygen atoms in total. The van der Waals surface area contributed by atoms with Crippen molar-refractivity contribution >= 4 is 5.69 Å². The molecule has 2 N–H and O–H groups in total. The molecule has 0 fully saturated rings. The molecular formula is C12H15N5O2. The Morgan fingerprint density at radius 1 is 1.53 bits per heavy atom. The molecule has 1 aromatic heterocycles. The third-order valence-electron chi connectivity index (χ3n) is 3.05. The van der Waals surface area contributed by atoms with Gasteiger partial charge in [0.1, 0.15) is 0 Å². The number of hydrogen-bond acceptors (Lipinski definition) is 5. The van der Waals surface area contributed by atoms with Crippen LogP contribution in [0.15, 0.2) is 24.4 Å². The van der Waals surface area contributed by atoms with Gasteiger partial charge in [-0.3, -0.25) is 10.1 Å². The molecule has 0 aliphatic carbocycles. The number of nitro groups is 1. The number of nitro benzene ring substituents is 1. The SMILES string of the molecule is CCC(N)c1cn(-c2cccc([N+](=O)[O-])c2C)nn1. The highest BCUT2D eigenvalue weighted by molar-refractivity contribution is 5.52.